The van der Waals surface area contributed by atoms with Gasteiger partial charge in [-0.25, -0.2) is 9.97 Å². The largest absolute Gasteiger partial charge is 0.488 e. The maximum atomic E-state index is 11.0. The van der Waals surface area contributed by atoms with Gasteiger partial charge in [0.05, 0.1) is 25.0 Å². The van der Waals surface area contributed by atoms with Crippen molar-refractivity contribution in [2.24, 2.45) is 0 Å². The summed E-state index contributed by atoms with van der Waals surface area (Å²) in [7, 11) is 1.46. The maximum Gasteiger partial charge on any atom is 0.250 e. The lowest BCUT2D eigenvalue weighted by molar-refractivity contribution is -0.128. The van der Waals surface area contributed by atoms with Gasteiger partial charge in [0, 0.05) is 7.05 Å². The summed E-state index contributed by atoms with van der Waals surface area (Å²) in [5.74, 6) is 0.443. The van der Waals surface area contributed by atoms with E-state index in [9.17, 15) is 9.90 Å². The number of hydrogen-bond donors (Lipinski definition) is 3. The molecule has 0 aromatic carbocycles. The molecule has 0 radical (unpaired) electrons. The van der Waals surface area contributed by atoms with Crippen LogP contribution in [-0.2, 0) is 4.79 Å². The van der Waals surface area contributed by atoms with E-state index in [0.29, 0.717) is 11.7 Å². The number of anilines is 1. The van der Waals surface area contributed by atoms with Crippen molar-refractivity contribution in [2.45, 2.75) is 26.1 Å². The number of hydrogen-bond acceptors (Lipinski definition) is 6. The van der Waals surface area contributed by atoms with E-state index in [1.807, 2.05) is 13.8 Å². The Hall–Kier alpha value is -1.89. The Kier molecular flexibility index (Phi) is 5.31. The number of carbonyl (C=O) groups excluding carboxylic acids is 1. The second-order valence-corrected chi connectivity index (χ2v) is 3.92. The molecule has 1 unspecified atom stereocenters. The number of aliphatic hydroxyl groups excluding tert-OH is 1. The van der Waals surface area contributed by atoms with Gasteiger partial charge in [-0.2, -0.15) is 0 Å². The minimum atomic E-state index is -1.13. The highest BCUT2D eigenvalue weighted by atomic mass is 16.5. The molecule has 7 nitrogen and oxygen atoms in total. The quantitative estimate of drug-likeness (QED) is 0.649. The van der Waals surface area contributed by atoms with Crippen LogP contribution >= 0.6 is 0 Å². The van der Waals surface area contributed by atoms with Gasteiger partial charge in [-0.05, 0) is 13.8 Å². The smallest absolute Gasteiger partial charge is 0.250 e. The van der Waals surface area contributed by atoms with Crippen LogP contribution in [0.4, 0.5) is 5.95 Å². The average molecular weight is 254 g/mol. The highest BCUT2D eigenvalue weighted by Gasteiger charge is 2.12. The lowest BCUT2D eigenvalue weighted by atomic mass is 10.3. The minimum absolute atomic E-state index is 0.0457. The lowest BCUT2D eigenvalue weighted by Gasteiger charge is -2.11. The molecule has 0 fully saturated rings. The molecule has 18 heavy (non-hydrogen) atoms. The number of nitrogens with one attached hydrogen (secondary N) is 2. The van der Waals surface area contributed by atoms with Crippen molar-refractivity contribution in [3.8, 4) is 5.75 Å². The number of aliphatic hydroxyl groups is 1. The van der Waals surface area contributed by atoms with Gasteiger partial charge in [0.15, 0.2) is 5.75 Å². The van der Waals surface area contributed by atoms with Crippen LogP contribution in [0.1, 0.15) is 13.8 Å². The number of aromatic nitrogens is 2. The van der Waals surface area contributed by atoms with Crippen LogP contribution in [0.15, 0.2) is 12.4 Å². The highest BCUT2D eigenvalue weighted by Crippen LogP contribution is 2.10. The van der Waals surface area contributed by atoms with E-state index in [-0.39, 0.29) is 12.6 Å². The maximum absolute atomic E-state index is 11.0. The first-order chi connectivity index (χ1) is 8.52. The summed E-state index contributed by atoms with van der Waals surface area (Å²) in [5, 5.41) is 14.5. The van der Waals surface area contributed by atoms with Gasteiger partial charge < -0.3 is 20.5 Å². The molecule has 3 N–H and O–H groups in total. The Morgan fingerprint density at radius 2 is 2.06 bits per heavy atom. The number of nitrogens with zero attached hydrogens (tertiary/aromatic N) is 2. The van der Waals surface area contributed by atoms with Gasteiger partial charge in [-0.1, -0.05) is 0 Å². The second kappa shape index (κ2) is 6.75. The monoisotopic (exact) mass is 254 g/mol. The SMILES string of the molecule is CNC(=O)C(O)CNc1ncc(OC(C)C)cn1. The van der Waals surface area contributed by atoms with Crippen LogP contribution in [0, 0.1) is 0 Å². The van der Waals surface area contributed by atoms with Crippen molar-refractivity contribution >= 4 is 11.9 Å². The fourth-order valence-corrected chi connectivity index (χ4v) is 1.19. The van der Waals surface area contributed by atoms with Gasteiger partial charge in [0.2, 0.25) is 11.9 Å². The summed E-state index contributed by atoms with van der Waals surface area (Å²) in [5.41, 5.74) is 0. The Bertz CT molecular complexity index is 380. The van der Waals surface area contributed by atoms with E-state index in [4.69, 9.17) is 4.74 Å². The molecule has 0 spiro atoms. The molecule has 0 saturated heterocycles. The number of rotatable bonds is 6. The molecule has 0 aliphatic heterocycles. The zero-order chi connectivity index (χ0) is 13.5. The van der Waals surface area contributed by atoms with E-state index in [1.54, 1.807) is 0 Å². The Morgan fingerprint density at radius 3 is 2.56 bits per heavy atom. The molecule has 1 amide bonds. The molecule has 0 bridgehead atoms. The molecular formula is C11H18N4O3. The van der Waals surface area contributed by atoms with Crippen molar-refractivity contribution < 1.29 is 14.6 Å². The zero-order valence-electron chi connectivity index (χ0n) is 10.7. The van der Waals surface area contributed by atoms with E-state index in [0.717, 1.165) is 0 Å². The highest BCUT2D eigenvalue weighted by molar-refractivity contribution is 5.80. The third-order valence-electron chi connectivity index (χ3n) is 2.00. The second-order valence-electron chi connectivity index (χ2n) is 3.92. The molecule has 1 aromatic rings. The first-order valence-corrected chi connectivity index (χ1v) is 5.65. The molecule has 1 aromatic heterocycles. The predicted octanol–water partition coefficient (Wildman–Crippen LogP) is -0.217. The van der Waals surface area contributed by atoms with Crippen molar-refractivity contribution in [3.05, 3.63) is 12.4 Å². The number of amides is 1. The van der Waals surface area contributed by atoms with Gasteiger partial charge in [0.1, 0.15) is 6.10 Å². The average Bonchev–Trinajstić information content (AvgIpc) is 2.36. The summed E-state index contributed by atoms with van der Waals surface area (Å²) in [6.45, 7) is 3.86. The van der Waals surface area contributed by atoms with E-state index >= 15 is 0 Å². The van der Waals surface area contributed by atoms with Crippen molar-refractivity contribution in [1.82, 2.24) is 15.3 Å². The van der Waals surface area contributed by atoms with Crippen molar-refractivity contribution in [2.75, 3.05) is 18.9 Å². The molecule has 0 aliphatic carbocycles. The molecule has 7 heteroatoms. The van der Waals surface area contributed by atoms with Crippen LogP contribution in [-0.4, -0.2) is 46.8 Å². The molecular weight excluding hydrogens is 236 g/mol. The number of carbonyl (C=O) groups is 1. The summed E-state index contributed by atoms with van der Waals surface area (Å²) >= 11 is 0. The third kappa shape index (κ3) is 4.54. The first kappa shape index (κ1) is 14.2. The van der Waals surface area contributed by atoms with Crippen LogP contribution in [0.25, 0.3) is 0 Å². The van der Waals surface area contributed by atoms with Gasteiger partial charge in [-0.15, -0.1) is 0 Å². The van der Waals surface area contributed by atoms with Gasteiger partial charge >= 0.3 is 0 Å². The number of likely N-dealkylation sites (N-methyl/N-ethyl adjacent to an activating group) is 1. The normalized spacial score (nSPS) is 12.1. The van der Waals surface area contributed by atoms with Crippen LogP contribution in [0.5, 0.6) is 5.75 Å². The molecule has 1 atom stereocenters. The zero-order valence-corrected chi connectivity index (χ0v) is 10.7. The fourth-order valence-electron chi connectivity index (χ4n) is 1.19. The van der Waals surface area contributed by atoms with Gasteiger partial charge in [-0.3, -0.25) is 4.79 Å². The van der Waals surface area contributed by atoms with E-state index in [1.165, 1.54) is 19.4 Å². The third-order valence-corrected chi connectivity index (χ3v) is 2.00. The molecule has 100 valence electrons. The first-order valence-electron chi connectivity index (χ1n) is 5.65. The van der Waals surface area contributed by atoms with Crippen LogP contribution < -0.4 is 15.4 Å². The Balaban J connectivity index is 2.46. The fraction of sp³-hybridized carbons (Fsp3) is 0.545. The lowest BCUT2D eigenvalue weighted by Crippen LogP contribution is -2.36. The summed E-state index contributed by atoms with van der Waals surface area (Å²) < 4.78 is 5.38. The summed E-state index contributed by atoms with van der Waals surface area (Å²) in [6, 6.07) is 0. The standard InChI is InChI=1S/C11H18N4O3/c1-7(2)18-8-4-13-11(14-5-8)15-6-9(16)10(17)12-3/h4-5,7,9,16H,6H2,1-3H3,(H,12,17)(H,13,14,15). The molecule has 1 heterocycles. The topological polar surface area (TPSA) is 96.4 Å². The summed E-state index contributed by atoms with van der Waals surface area (Å²) in [6.07, 6.45) is 1.98. The predicted molar refractivity (Wildman–Crippen MR) is 66.4 cm³/mol. The van der Waals surface area contributed by atoms with Crippen molar-refractivity contribution in [1.29, 1.82) is 0 Å². The van der Waals surface area contributed by atoms with E-state index < -0.39 is 12.0 Å². The Morgan fingerprint density at radius 1 is 1.44 bits per heavy atom. The summed E-state index contributed by atoms with van der Waals surface area (Å²) in [4.78, 5) is 19.0. The Labute approximate surface area is 106 Å². The van der Waals surface area contributed by atoms with E-state index in [2.05, 4.69) is 20.6 Å². The van der Waals surface area contributed by atoms with Crippen LogP contribution in [0.2, 0.25) is 0 Å². The molecule has 0 saturated carbocycles. The van der Waals surface area contributed by atoms with Crippen LogP contribution in [0.3, 0.4) is 0 Å². The van der Waals surface area contributed by atoms with Crippen molar-refractivity contribution in [3.63, 3.8) is 0 Å². The molecule has 0 aliphatic rings. The molecule has 1 rings (SSSR count). The van der Waals surface area contributed by atoms with Gasteiger partial charge in [0.25, 0.3) is 0 Å². The number of ether oxygens (including phenoxy) is 1. The minimum Gasteiger partial charge on any atom is -0.488 e.